The average Bonchev–Trinajstić information content (AvgIpc) is 1.68. The fourth-order valence-electron chi connectivity index (χ4n) is 0.0199. The monoisotopic (exact) mass is 146 g/mol. The van der Waals surface area contributed by atoms with Gasteiger partial charge in [0.2, 0.25) is 0 Å². The Labute approximate surface area is 45.9 Å². The summed E-state index contributed by atoms with van der Waals surface area (Å²) in [4.78, 5) is 0. The lowest BCUT2D eigenvalue weighted by molar-refractivity contribution is 0.00390. The smallest absolute Gasteiger partial charge is 0.196 e. The van der Waals surface area contributed by atoms with Gasteiger partial charge >= 0.3 is 10.1 Å². The van der Waals surface area contributed by atoms with Crippen LogP contribution in [0.1, 0.15) is 0 Å². The second kappa shape index (κ2) is 2.49. The lowest BCUT2D eigenvalue weighted by atomic mass is 11.9. The molecule has 0 radical (unpaired) electrons. The number of thiol groups is 1. The van der Waals surface area contributed by atoms with Crippen LogP contribution in [-0.2, 0) is 14.5 Å². The predicted molar refractivity (Wildman–Crippen MR) is 25.0 cm³/mol. The lowest BCUT2D eigenvalue weighted by Crippen LogP contribution is -1.98. The van der Waals surface area contributed by atoms with Gasteiger partial charge in [-0.25, -0.2) is 0 Å². The van der Waals surface area contributed by atoms with Crippen molar-refractivity contribution in [1.82, 2.24) is 0 Å². The molecule has 44 valence electrons. The Morgan fingerprint density at radius 1 is 1.71 bits per heavy atom. The van der Waals surface area contributed by atoms with Crippen LogP contribution in [0.5, 0.6) is 0 Å². The molecule has 3 nitrogen and oxygen atoms in total. The molecule has 6 heteroatoms. The summed E-state index contributed by atoms with van der Waals surface area (Å²) in [7, 11) is -3.96. The van der Waals surface area contributed by atoms with Crippen LogP contribution in [0, 0.1) is 0 Å². The van der Waals surface area contributed by atoms with Crippen LogP contribution in [0.25, 0.3) is 0 Å². The quantitative estimate of drug-likeness (QED) is 0.562. The molecule has 0 aliphatic heterocycles. The van der Waals surface area contributed by atoms with E-state index in [1.165, 1.54) is 0 Å². The molecule has 0 unspecified atom stereocenters. The van der Waals surface area contributed by atoms with Crippen molar-refractivity contribution in [2.45, 2.75) is 0 Å². The molecule has 0 aromatic heterocycles. The minimum atomic E-state index is -3.96. The topological polar surface area (TPSA) is 43.4 Å². The molecular formula is CH3FO3S2. The predicted octanol–water partition coefficient (Wildman–Crippen LogP) is 0.105. The maximum Gasteiger partial charge on any atom is 0.306 e. The van der Waals surface area contributed by atoms with Gasteiger partial charge in [-0.2, -0.15) is 21.0 Å². The summed E-state index contributed by atoms with van der Waals surface area (Å²) in [5.41, 5.74) is 0. The molecule has 0 rings (SSSR count). The van der Waals surface area contributed by atoms with Gasteiger partial charge in [-0.05, 0) is 4.53 Å². The largest absolute Gasteiger partial charge is 0.306 e. The van der Waals surface area contributed by atoms with Gasteiger partial charge in [0.05, 0.1) is 0 Å². The Morgan fingerprint density at radius 2 is 2.14 bits per heavy atom. The number of halogens is 1. The molecule has 0 fully saturated rings. The van der Waals surface area contributed by atoms with Crippen LogP contribution in [0.2, 0.25) is 0 Å². The third-order valence-corrected chi connectivity index (χ3v) is 1.71. The van der Waals surface area contributed by atoms with E-state index in [9.17, 15) is 12.9 Å². The van der Waals surface area contributed by atoms with Gasteiger partial charge in [0.1, 0.15) is 5.08 Å². The van der Waals surface area contributed by atoms with E-state index in [4.69, 9.17) is 0 Å². The van der Waals surface area contributed by atoms with Gasteiger partial charge in [0.25, 0.3) is 0 Å². The van der Waals surface area contributed by atoms with Crippen molar-refractivity contribution in [3.63, 3.8) is 0 Å². The van der Waals surface area contributed by atoms with Gasteiger partial charge in [0.15, 0.2) is 0 Å². The van der Waals surface area contributed by atoms with Crippen molar-refractivity contribution in [2.24, 2.45) is 0 Å². The van der Waals surface area contributed by atoms with E-state index in [0.717, 1.165) is 0 Å². The van der Waals surface area contributed by atoms with Gasteiger partial charge < -0.3 is 0 Å². The molecular weight excluding hydrogens is 143 g/mol. The van der Waals surface area contributed by atoms with E-state index >= 15 is 0 Å². The van der Waals surface area contributed by atoms with Crippen molar-refractivity contribution >= 4 is 22.7 Å². The van der Waals surface area contributed by atoms with Crippen molar-refractivity contribution in [3.05, 3.63) is 0 Å². The fourth-order valence-corrected chi connectivity index (χ4v) is 0.179. The van der Waals surface area contributed by atoms with Crippen molar-refractivity contribution in [3.8, 4) is 0 Å². The number of hydrogen-bond acceptors (Lipinski definition) is 4. The SMILES string of the molecule is O=S(=O)(CS)OF. The minimum absolute atomic E-state index is 0.635. The Hall–Kier alpha value is 0.190. The first-order valence-corrected chi connectivity index (χ1v) is 3.47. The molecule has 0 aliphatic rings. The summed E-state index contributed by atoms with van der Waals surface area (Å²) in [6, 6.07) is 0. The molecule has 7 heavy (non-hydrogen) atoms. The first kappa shape index (κ1) is 7.19. The highest BCUT2D eigenvalue weighted by Gasteiger charge is 2.05. The highest BCUT2D eigenvalue weighted by atomic mass is 32.3. The van der Waals surface area contributed by atoms with Crippen LogP contribution < -0.4 is 0 Å². The second-order valence-electron chi connectivity index (χ2n) is 0.750. The molecule has 0 bridgehead atoms. The van der Waals surface area contributed by atoms with Crippen molar-refractivity contribution in [1.29, 1.82) is 0 Å². The summed E-state index contributed by atoms with van der Waals surface area (Å²) in [5.74, 6) is 0. The molecule has 0 spiro atoms. The van der Waals surface area contributed by atoms with Crippen LogP contribution in [-0.4, -0.2) is 13.5 Å². The van der Waals surface area contributed by atoms with Gasteiger partial charge in [-0.15, -0.1) is 0 Å². The number of rotatable bonds is 2. The Kier molecular flexibility index (Phi) is 2.55. The summed E-state index contributed by atoms with van der Waals surface area (Å²) < 4.78 is 32.5. The van der Waals surface area contributed by atoms with Crippen LogP contribution in [0.3, 0.4) is 0 Å². The van der Waals surface area contributed by atoms with Gasteiger partial charge in [-0.3, -0.25) is 0 Å². The maximum absolute atomic E-state index is 10.6. The first-order valence-electron chi connectivity index (χ1n) is 1.26. The van der Waals surface area contributed by atoms with Crippen LogP contribution in [0.4, 0.5) is 4.53 Å². The van der Waals surface area contributed by atoms with E-state index in [1.807, 2.05) is 0 Å². The molecule has 0 heterocycles. The summed E-state index contributed by atoms with van der Waals surface area (Å²) in [5, 5.41) is -0.635. The second-order valence-corrected chi connectivity index (χ2v) is 3.02. The molecule has 0 amide bonds. The molecule has 0 atom stereocenters. The van der Waals surface area contributed by atoms with Gasteiger partial charge in [0, 0.05) is 0 Å². The summed E-state index contributed by atoms with van der Waals surface area (Å²) in [6.45, 7) is 0. The first-order chi connectivity index (χ1) is 3.12. The molecule has 0 aromatic carbocycles. The summed E-state index contributed by atoms with van der Waals surface area (Å²) >= 11 is 3.23. The van der Waals surface area contributed by atoms with E-state index in [-0.39, 0.29) is 0 Å². The Bertz CT molecular complexity index is 116. The Morgan fingerprint density at radius 3 is 2.14 bits per heavy atom. The van der Waals surface area contributed by atoms with E-state index in [1.54, 1.807) is 0 Å². The average molecular weight is 146 g/mol. The molecule has 0 saturated carbocycles. The van der Waals surface area contributed by atoms with Gasteiger partial charge in [-0.1, -0.05) is 4.39 Å². The maximum atomic E-state index is 10.6. The van der Waals surface area contributed by atoms with Crippen molar-refractivity contribution < 1.29 is 17.3 Å². The standard InChI is InChI=1S/CH3FO3S2/c2-5-7(3,4)1-6/h6H,1H2. The molecule has 0 saturated heterocycles. The normalized spacial score (nSPS) is 11.7. The third kappa shape index (κ3) is 2.84. The van der Waals surface area contributed by atoms with Crippen molar-refractivity contribution in [2.75, 3.05) is 5.08 Å². The zero-order chi connectivity index (χ0) is 5.91. The Balaban J connectivity index is 3.89. The van der Waals surface area contributed by atoms with E-state index in [0.29, 0.717) is 0 Å². The molecule has 0 N–H and O–H groups in total. The summed E-state index contributed by atoms with van der Waals surface area (Å²) in [6.07, 6.45) is 0. The van der Waals surface area contributed by atoms with E-state index in [2.05, 4.69) is 17.0 Å². The number of hydrogen-bond donors (Lipinski definition) is 1. The third-order valence-electron chi connectivity index (χ3n) is 0.254. The lowest BCUT2D eigenvalue weighted by Gasteiger charge is -1.84. The fraction of sp³-hybridized carbons (Fsp3) is 1.00. The zero-order valence-electron chi connectivity index (χ0n) is 3.17. The highest BCUT2D eigenvalue weighted by Crippen LogP contribution is 1.93. The molecule has 0 aromatic rings. The molecule has 0 aliphatic carbocycles. The van der Waals surface area contributed by atoms with E-state index < -0.39 is 15.2 Å². The van der Waals surface area contributed by atoms with Crippen LogP contribution >= 0.6 is 12.6 Å². The van der Waals surface area contributed by atoms with Crippen LogP contribution in [0.15, 0.2) is 0 Å². The zero-order valence-corrected chi connectivity index (χ0v) is 4.88. The highest BCUT2D eigenvalue weighted by molar-refractivity contribution is 8.01. The minimum Gasteiger partial charge on any atom is -0.196 e.